The van der Waals surface area contributed by atoms with Gasteiger partial charge in [-0.1, -0.05) is 0 Å². The van der Waals surface area contributed by atoms with Crippen LogP contribution < -0.4 is 11.1 Å². The van der Waals surface area contributed by atoms with E-state index in [-0.39, 0.29) is 11.7 Å². The number of nitrogen functional groups attached to an aromatic ring is 1. The standard InChI is InChI=1S/C12H14N2O2S/c13-8-1-3-9(4-2-8)14-12(16)10-7-17-6-5-11(10)15/h1-4,10H,5-7,13H2,(H,14,16). The zero-order valence-corrected chi connectivity index (χ0v) is 10.1. The second kappa shape index (κ2) is 5.23. The van der Waals surface area contributed by atoms with Crippen LogP contribution in [-0.4, -0.2) is 23.2 Å². The van der Waals surface area contributed by atoms with E-state index in [9.17, 15) is 9.59 Å². The predicted octanol–water partition coefficient (Wildman–Crippen LogP) is 1.53. The van der Waals surface area contributed by atoms with E-state index in [4.69, 9.17) is 5.73 Å². The normalized spacial score (nSPS) is 20.0. The lowest BCUT2D eigenvalue weighted by Crippen LogP contribution is -2.34. The second-order valence-electron chi connectivity index (χ2n) is 3.96. The molecule has 0 saturated carbocycles. The topological polar surface area (TPSA) is 72.2 Å². The summed E-state index contributed by atoms with van der Waals surface area (Å²) in [6, 6.07) is 6.89. The van der Waals surface area contributed by atoms with Crippen molar-refractivity contribution < 1.29 is 9.59 Å². The highest BCUT2D eigenvalue weighted by molar-refractivity contribution is 7.99. The Morgan fingerprint density at radius 1 is 1.35 bits per heavy atom. The van der Waals surface area contributed by atoms with Crippen molar-refractivity contribution in [2.24, 2.45) is 5.92 Å². The SMILES string of the molecule is Nc1ccc(NC(=O)C2CSCCC2=O)cc1. The van der Waals surface area contributed by atoms with Gasteiger partial charge in [0.05, 0.1) is 0 Å². The third-order valence-corrected chi connectivity index (χ3v) is 3.72. The number of benzene rings is 1. The van der Waals surface area contributed by atoms with E-state index in [0.29, 0.717) is 23.5 Å². The molecular weight excluding hydrogens is 236 g/mol. The number of Topliss-reactive ketones (excluding diaryl/α,β-unsaturated/α-hetero) is 1. The largest absolute Gasteiger partial charge is 0.399 e. The van der Waals surface area contributed by atoms with Gasteiger partial charge in [-0.15, -0.1) is 0 Å². The number of anilines is 2. The molecule has 0 radical (unpaired) electrons. The summed E-state index contributed by atoms with van der Waals surface area (Å²) in [5, 5.41) is 2.74. The van der Waals surface area contributed by atoms with Gasteiger partial charge in [0.2, 0.25) is 5.91 Å². The fraction of sp³-hybridized carbons (Fsp3) is 0.333. The summed E-state index contributed by atoms with van der Waals surface area (Å²) in [7, 11) is 0. The highest BCUT2D eigenvalue weighted by Crippen LogP contribution is 2.21. The van der Waals surface area contributed by atoms with Crippen molar-refractivity contribution in [1.29, 1.82) is 0 Å². The molecule has 4 nitrogen and oxygen atoms in total. The maximum atomic E-state index is 11.9. The van der Waals surface area contributed by atoms with E-state index in [1.54, 1.807) is 36.0 Å². The Bertz CT molecular complexity index is 431. The van der Waals surface area contributed by atoms with Crippen molar-refractivity contribution in [1.82, 2.24) is 0 Å². The quantitative estimate of drug-likeness (QED) is 0.616. The number of nitrogens with two attached hydrogens (primary N) is 1. The molecule has 17 heavy (non-hydrogen) atoms. The van der Waals surface area contributed by atoms with E-state index < -0.39 is 5.92 Å². The zero-order valence-electron chi connectivity index (χ0n) is 9.31. The van der Waals surface area contributed by atoms with Crippen molar-refractivity contribution in [3.05, 3.63) is 24.3 Å². The average Bonchev–Trinajstić information content (AvgIpc) is 2.32. The summed E-state index contributed by atoms with van der Waals surface area (Å²) in [6.07, 6.45) is 0.491. The van der Waals surface area contributed by atoms with Crippen LogP contribution >= 0.6 is 11.8 Å². The Labute approximate surface area is 104 Å². The van der Waals surface area contributed by atoms with Crippen molar-refractivity contribution in [2.75, 3.05) is 22.6 Å². The lowest BCUT2D eigenvalue weighted by atomic mass is 10.0. The van der Waals surface area contributed by atoms with Crippen molar-refractivity contribution in [3.8, 4) is 0 Å². The van der Waals surface area contributed by atoms with Crippen LogP contribution in [0.5, 0.6) is 0 Å². The van der Waals surface area contributed by atoms with Crippen molar-refractivity contribution in [3.63, 3.8) is 0 Å². The molecule has 5 heteroatoms. The maximum absolute atomic E-state index is 11.9. The molecule has 1 heterocycles. The molecule has 1 unspecified atom stereocenters. The molecule has 1 aliphatic heterocycles. The van der Waals surface area contributed by atoms with E-state index in [1.807, 2.05) is 0 Å². The summed E-state index contributed by atoms with van der Waals surface area (Å²) >= 11 is 1.65. The molecule has 0 aromatic heterocycles. The molecule has 1 atom stereocenters. The predicted molar refractivity (Wildman–Crippen MR) is 69.9 cm³/mol. The van der Waals surface area contributed by atoms with E-state index >= 15 is 0 Å². The molecule has 2 rings (SSSR count). The Morgan fingerprint density at radius 3 is 2.71 bits per heavy atom. The maximum Gasteiger partial charge on any atom is 0.235 e. The number of amides is 1. The van der Waals surface area contributed by atoms with E-state index in [2.05, 4.69) is 5.32 Å². The molecule has 90 valence electrons. The second-order valence-corrected chi connectivity index (χ2v) is 5.10. The lowest BCUT2D eigenvalue weighted by molar-refractivity contribution is -0.130. The highest BCUT2D eigenvalue weighted by Gasteiger charge is 2.29. The summed E-state index contributed by atoms with van der Waals surface area (Å²) in [6.45, 7) is 0. The molecule has 1 saturated heterocycles. The number of nitrogens with one attached hydrogen (secondary N) is 1. The number of ketones is 1. The van der Waals surface area contributed by atoms with Gasteiger partial charge in [-0.25, -0.2) is 0 Å². The first kappa shape index (κ1) is 12.0. The monoisotopic (exact) mass is 250 g/mol. The number of rotatable bonds is 2. The van der Waals surface area contributed by atoms with Crippen LogP contribution in [-0.2, 0) is 9.59 Å². The first-order valence-electron chi connectivity index (χ1n) is 5.43. The minimum atomic E-state index is -0.508. The molecule has 0 aliphatic carbocycles. The van der Waals surface area contributed by atoms with Crippen molar-refractivity contribution >= 4 is 34.8 Å². The van der Waals surface area contributed by atoms with Crippen molar-refractivity contribution in [2.45, 2.75) is 6.42 Å². The number of carbonyl (C=O) groups is 2. The third kappa shape index (κ3) is 3.00. The van der Waals surface area contributed by atoms with Gasteiger partial charge in [-0.05, 0) is 24.3 Å². The van der Waals surface area contributed by atoms with Crippen LogP contribution in [0.15, 0.2) is 24.3 Å². The smallest absolute Gasteiger partial charge is 0.235 e. The molecule has 0 spiro atoms. The first-order chi connectivity index (χ1) is 8.16. The van der Waals surface area contributed by atoms with Crippen LogP contribution in [0.25, 0.3) is 0 Å². The average molecular weight is 250 g/mol. The van der Waals surface area contributed by atoms with Gasteiger partial charge in [0.1, 0.15) is 11.7 Å². The Hall–Kier alpha value is -1.49. The Morgan fingerprint density at radius 2 is 2.06 bits per heavy atom. The number of carbonyl (C=O) groups excluding carboxylic acids is 2. The minimum absolute atomic E-state index is 0.0386. The van der Waals surface area contributed by atoms with Gasteiger partial charge in [0, 0.05) is 29.3 Å². The number of thioether (sulfide) groups is 1. The summed E-state index contributed by atoms with van der Waals surface area (Å²) in [4.78, 5) is 23.5. The fourth-order valence-electron chi connectivity index (χ4n) is 1.66. The summed E-state index contributed by atoms with van der Waals surface area (Å²) in [5.41, 5.74) is 6.87. The first-order valence-corrected chi connectivity index (χ1v) is 6.59. The molecule has 1 fully saturated rings. The number of hydrogen-bond acceptors (Lipinski definition) is 4. The molecule has 3 N–H and O–H groups in total. The minimum Gasteiger partial charge on any atom is -0.399 e. The van der Waals surface area contributed by atoms with Crippen LogP contribution in [0.2, 0.25) is 0 Å². The van der Waals surface area contributed by atoms with E-state index in [1.165, 1.54) is 0 Å². The van der Waals surface area contributed by atoms with Gasteiger partial charge in [0.25, 0.3) is 0 Å². The van der Waals surface area contributed by atoms with Crippen LogP contribution in [0.3, 0.4) is 0 Å². The molecule has 1 amide bonds. The number of hydrogen-bond donors (Lipinski definition) is 2. The van der Waals surface area contributed by atoms with Gasteiger partial charge < -0.3 is 11.1 Å². The van der Waals surface area contributed by atoms with E-state index in [0.717, 1.165) is 5.75 Å². The summed E-state index contributed by atoms with van der Waals surface area (Å²) < 4.78 is 0. The third-order valence-electron chi connectivity index (χ3n) is 2.66. The fourth-order valence-corrected chi connectivity index (χ4v) is 2.74. The molecule has 0 bridgehead atoms. The van der Waals surface area contributed by atoms with Gasteiger partial charge in [-0.3, -0.25) is 9.59 Å². The summed E-state index contributed by atoms with van der Waals surface area (Å²) in [5.74, 6) is 0.722. The van der Waals surface area contributed by atoms with Gasteiger partial charge >= 0.3 is 0 Å². The Kier molecular flexibility index (Phi) is 3.68. The van der Waals surface area contributed by atoms with Crippen LogP contribution in [0, 0.1) is 5.92 Å². The van der Waals surface area contributed by atoms with Crippen LogP contribution in [0.4, 0.5) is 11.4 Å². The molecule has 1 aliphatic rings. The van der Waals surface area contributed by atoms with Gasteiger partial charge in [-0.2, -0.15) is 11.8 Å². The molecule has 1 aromatic rings. The highest BCUT2D eigenvalue weighted by atomic mass is 32.2. The molecule has 1 aromatic carbocycles. The zero-order chi connectivity index (χ0) is 12.3. The lowest BCUT2D eigenvalue weighted by Gasteiger charge is -2.19. The molecular formula is C12H14N2O2S. The Balaban J connectivity index is 2.00. The van der Waals surface area contributed by atoms with Gasteiger partial charge in [0.15, 0.2) is 0 Å². The van der Waals surface area contributed by atoms with Crippen LogP contribution in [0.1, 0.15) is 6.42 Å².